The van der Waals surface area contributed by atoms with Gasteiger partial charge in [0, 0.05) is 41.7 Å². The topological polar surface area (TPSA) is 37.3 Å². The second-order valence-electron chi connectivity index (χ2n) is 4.58. The minimum atomic E-state index is -0.545. The summed E-state index contributed by atoms with van der Waals surface area (Å²) in [4.78, 5) is 11.0. The molecule has 3 heteroatoms. The molecule has 2 fully saturated rings. The average molecular weight is 322 g/mol. The molecule has 0 radical (unpaired) electrons. The second-order valence-corrected chi connectivity index (χ2v) is 4.58. The number of aliphatic carboxylic acids is 1. The van der Waals surface area contributed by atoms with Crippen LogP contribution >= 0.6 is 0 Å². The van der Waals surface area contributed by atoms with Crippen LogP contribution in [0, 0.1) is 59.5 Å². The zero-order valence-electron chi connectivity index (χ0n) is 8.54. The van der Waals surface area contributed by atoms with Gasteiger partial charge in [-0.15, -0.1) is 0 Å². The van der Waals surface area contributed by atoms with Gasteiger partial charge in [-0.1, -0.05) is 32.1 Å². The smallest absolute Gasteiger partial charge is 0.306 e. The van der Waals surface area contributed by atoms with Crippen LogP contribution in [0.4, 0.5) is 0 Å². The third-order valence-electron chi connectivity index (χ3n) is 3.89. The predicted molar refractivity (Wildman–Crippen MR) is 50.4 cm³/mol. The summed E-state index contributed by atoms with van der Waals surface area (Å²) in [5.41, 5.74) is 0. The summed E-state index contributed by atoms with van der Waals surface area (Å²) in [7, 11) is 0. The third-order valence-corrected chi connectivity index (χ3v) is 3.89. The van der Waals surface area contributed by atoms with Gasteiger partial charge in [0.1, 0.15) is 0 Å². The summed E-state index contributed by atoms with van der Waals surface area (Å²) < 4.78 is 0. The van der Waals surface area contributed by atoms with E-state index in [4.69, 9.17) is 5.11 Å². The van der Waals surface area contributed by atoms with Gasteiger partial charge in [0.15, 0.2) is 0 Å². The Kier molecular flexibility index (Phi) is 5.35. The molecule has 0 saturated heterocycles. The Hall–Kier alpha value is 0.847. The molecule has 2 saturated carbocycles. The first-order valence-electron chi connectivity index (χ1n) is 5.52. The van der Waals surface area contributed by atoms with E-state index in [1.165, 1.54) is 32.1 Å². The minimum absolute atomic E-state index is 0. The van der Waals surface area contributed by atoms with E-state index >= 15 is 0 Å². The Morgan fingerprint density at radius 3 is 2.36 bits per heavy atom. The largest absolute Gasteiger partial charge is 0.481 e. The number of carbonyl (C=O) groups is 1. The van der Waals surface area contributed by atoms with Crippen LogP contribution in [0.25, 0.3) is 0 Å². The van der Waals surface area contributed by atoms with Crippen LogP contribution in [0.3, 0.4) is 0 Å². The van der Waals surface area contributed by atoms with Crippen LogP contribution in [-0.2, 0) is 4.79 Å². The predicted octanol–water partition coefficient (Wildman–Crippen LogP) is 2.68. The van der Waals surface area contributed by atoms with Gasteiger partial charge in [-0.25, -0.2) is 0 Å². The first-order valence-corrected chi connectivity index (χ1v) is 5.52. The van der Waals surface area contributed by atoms with Crippen molar-refractivity contribution in [1.29, 1.82) is 0 Å². The Labute approximate surface area is 119 Å². The van der Waals surface area contributed by atoms with Crippen molar-refractivity contribution in [3.63, 3.8) is 0 Å². The molecule has 3 atom stereocenters. The summed E-state index contributed by atoms with van der Waals surface area (Å²) in [5, 5.41) is 9.08. The van der Waals surface area contributed by atoms with Crippen LogP contribution in [0.15, 0.2) is 0 Å². The summed E-state index contributed by atoms with van der Waals surface area (Å²) in [6.07, 6.45) is 8.39. The van der Waals surface area contributed by atoms with Gasteiger partial charge in [-0.05, 0) is 24.7 Å². The fourth-order valence-electron chi connectivity index (χ4n) is 3.25. The number of hydrogen-bond donors (Lipinski definition) is 1. The maximum Gasteiger partial charge on any atom is 0.306 e. The summed E-state index contributed by atoms with van der Waals surface area (Å²) in [6.45, 7) is 0. The van der Waals surface area contributed by atoms with Crippen molar-refractivity contribution in [2.45, 2.75) is 44.9 Å². The van der Waals surface area contributed by atoms with Crippen molar-refractivity contribution in [3.05, 3.63) is 0 Å². The zero-order valence-corrected chi connectivity index (χ0v) is 11.7. The molecular formula is C11H18CeO2. The maximum absolute atomic E-state index is 11.0. The third kappa shape index (κ3) is 2.70. The van der Waals surface area contributed by atoms with Gasteiger partial charge in [-0.3, -0.25) is 4.79 Å². The number of carboxylic acids is 1. The van der Waals surface area contributed by atoms with Crippen molar-refractivity contribution < 1.29 is 51.6 Å². The van der Waals surface area contributed by atoms with Crippen molar-refractivity contribution in [2.75, 3.05) is 0 Å². The fourth-order valence-corrected chi connectivity index (χ4v) is 3.25. The molecule has 2 nitrogen and oxygen atoms in total. The fraction of sp³-hybridized carbons (Fsp3) is 0.909. The van der Waals surface area contributed by atoms with Crippen LogP contribution in [0.2, 0.25) is 0 Å². The molecule has 0 heterocycles. The first-order chi connectivity index (χ1) is 6.29. The molecule has 0 aromatic carbocycles. The molecule has 2 aliphatic rings. The molecule has 0 amide bonds. The Bertz CT molecular complexity index is 203. The molecule has 2 rings (SSSR count). The molecule has 0 bridgehead atoms. The van der Waals surface area contributed by atoms with Gasteiger partial charge >= 0.3 is 5.97 Å². The van der Waals surface area contributed by atoms with Gasteiger partial charge in [-0.2, -0.15) is 0 Å². The maximum atomic E-state index is 11.0. The monoisotopic (exact) mass is 322 g/mol. The quantitative estimate of drug-likeness (QED) is 0.806. The molecule has 0 aromatic heterocycles. The minimum Gasteiger partial charge on any atom is -0.481 e. The summed E-state index contributed by atoms with van der Waals surface area (Å²) >= 11 is 0. The second kappa shape index (κ2) is 5.80. The van der Waals surface area contributed by atoms with Gasteiger partial charge in [0.2, 0.25) is 0 Å². The summed E-state index contributed by atoms with van der Waals surface area (Å²) in [6, 6.07) is 0. The Balaban J connectivity index is 0.000000980. The number of carboxylic acid groups (broad SMARTS) is 1. The average Bonchev–Trinajstić information content (AvgIpc) is 2.17. The number of rotatable bonds is 1. The van der Waals surface area contributed by atoms with E-state index in [1.807, 2.05) is 0 Å². The van der Waals surface area contributed by atoms with Gasteiger partial charge in [0.25, 0.3) is 0 Å². The molecule has 3 unspecified atom stereocenters. The molecule has 0 spiro atoms. The SMILES string of the molecule is O=C(O)C1CCCC2CCCCC21.[Ce]. The molecular weight excluding hydrogens is 304 g/mol. The van der Waals surface area contributed by atoms with Gasteiger partial charge < -0.3 is 5.11 Å². The molecule has 1 N–H and O–H groups in total. The molecule has 14 heavy (non-hydrogen) atoms. The normalized spacial score (nSPS) is 36.7. The van der Waals surface area contributed by atoms with Crippen molar-refractivity contribution in [1.82, 2.24) is 0 Å². The van der Waals surface area contributed by atoms with Crippen molar-refractivity contribution in [2.24, 2.45) is 17.8 Å². The molecule has 2 aliphatic carbocycles. The number of hydrogen-bond acceptors (Lipinski definition) is 1. The van der Waals surface area contributed by atoms with Crippen LogP contribution < -0.4 is 0 Å². The van der Waals surface area contributed by atoms with Gasteiger partial charge in [0.05, 0.1) is 5.92 Å². The first kappa shape index (κ1) is 12.9. The van der Waals surface area contributed by atoms with E-state index in [1.54, 1.807) is 0 Å². The van der Waals surface area contributed by atoms with E-state index in [0.717, 1.165) is 18.8 Å². The Morgan fingerprint density at radius 1 is 1.00 bits per heavy atom. The molecule has 0 aromatic rings. The molecule has 78 valence electrons. The van der Waals surface area contributed by atoms with E-state index in [0.29, 0.717) is 5.92 Å². The van der Waals surface area contributed by atoms with Crippen LogP contribution in [0.5, 0.6) is 0 Å². The zero-order chi connectivity index (χ0) is 9.26. The van der Waals surface area contributed by atoms with E-state index < -0.39 is 5.97 Å². The van der Waals surface area contributed by atoms with Crippen LogP contribution in [-0.4, -0.2) is 11.1 Å². The number of fused-ring (bicyclic) bond motifs is 1. The van der Waals surface area contributed by atoms with Crippen molar-refractivity contribution >= 4 is 5.97 Å². The van der Waals surface area contributed by atoms with E-state index in [2.05, 4.69) is 0 Å². The van der Waals surface area contributed by atoms with E-state index in [9.17, 15) is 4.79 Å². The van der Waals surface area contributed by atoms with Crippen molar-refractivity contribution in [3.8, 4) is 0 Å². The standard InChI is InChI=1S/C11H18O2.Ce/c12-11(13)10-7-3-5-8-4-1-2-6-9(8)10;/h8-10H,1-7H2,(H,12,13);. The van der Waals surface area contributed by atoms with E-state index in [-0.39, 0.29) is 47.7 Å². The Morgan fingerprint density at radius 2 is 1.64 bits per heavy atom. The van der Waals surface area contributed by atoms with Crippen LogP contribution in [0.1, 0.15) is 44.9 Å². The molecule has 0 aliphatic heterocycles. The summed E-state index contributed by atoms with van der Waals surface area (Å²) in [5.74, 6) is 0.694.